The minimum Gasteiger partial charge on any atom is -0.293 e. The Labute approximate surface area is 118 Å². The second kappa shape index (κ2) is 6.06. The number of ketones is 1. The topological polar surface area (TPSA) is 51.2 Å². The highest BCUT2D eigenvalue weighted by Gasteiger charge is 2.30. The number of hydrogen-bond donors (Lipinski definition) is 0. The summed E-state index contributed by atoms with van der Waals surface area (Å²) in [5.74, 6) is -0.835. The van der Waals surface area contributed by atoms with Crippen molar-refractivity contribution in [2.75, 3.05) is 5.75 Å². The van der Waals surface area contributed by atoms with Gasteiger partial charge in [0.1, 0.15) is 5.75 Å². The second-order valence-electron chi connectivity index (χ2n) is 4.97. The van der Waals surface area contributed by atoms with Crippen LogP contribution in [0.25, 0.3) is 0 Å². The van der Waals surface area contributed by atoms with E-state index in [0.29, 0.717) is 23.4 Å². The lowest BCUT2D eigenvalue weighted by molar-refractivity contribution is 0.102. The molecule has 0 spiro atoms. The zero-order valence-corrected chi connectivity index (χ0v) is 12.2. The normalized spacial score (nSPS) is 17.3. The molecule has 1 fully saturated rings. The first kappa shape index (κ1) is 14.5. The Bertz CT molecular complexity index is 560. The molecule has 1 aromatic carbocycles. The molecule has 1 aliphatic rings. The number of halogens is 1. The molecule has 5 heteroatoms. The Morgan fingerprint density at radius 2 is 1.79 bits per heavy atom. The highest BCUT2D eigenvalue weighted by atomic mass is 35.5. The number of Topliss-reactive ketones (excluding diaryl/α,β-unsaturated/α-hetero) is 1. The number of hydrogen-bond acceptors (Lipinski definition) is 3. The van der Waals surface area contributed by atoms with Crippen molar-refractivity contribution < 1.29 is 13.2 Å². The standard InChI is InChI=1S/C14H17ClO3S/c15-13-9-5-4-8-12(13)14(16)10-19(17,18)11-6-2-1-3-7-11/h4-5,8-9,11H,1-3,6-7,10H2. The van der Waals surface area contributed by atoms with Gasteiger partial charge >= 0.3 is 0 Å². The van der Waals surface area contributed by atoms with Crippen molar-refractivity contribution in [1.29, 1.82) is 0 Å². The van der Waals surface area contributed by atoms with Gasteiger partial charge in [-0.3, -0.25) is 4.79 Å². The average molecular weight is 301 g/mol. The largest absolute Gasteiger partial charge is 0.293 e. The maximum Gasteiger partial charge on any atom is 0.179 e. The highest BCUT2D eigenvalue weighted by molar-refractivity contribution is 7.92. The molecule has 0 atom stereocenters. The number of carbonyl (C=O) groups is 1. The molecule has 104 valence electrons. The molecule has 0 saturated heterocycles. The third kappa shape index (κ3) is 3.57. The Kier molecular flexibility index (Phi) is 4.63. The fraction of sp³-hybridized carbons (Fsp3) is 0.500. The first-order chi connectivity index (χ1) is 9.00. The molecular weight excluding hydrogens is 284 g/mol. The van der Waals surface area contributed by atoms with Crippen molar-refractivity contribution in [1.82, 2.24) is 0 Å². The van der Waals surface area contributed by atoms with E-state index in [2.05, 4.69) is 0 Å². The van der Waals surface area contributed by atoms with Crippen LogP contribution in [0.15, 0.2) is 24.3 Å². The van der Waals surface area contributed by atoms with Gasteiger partial charge < -0.3 is 0 Å². The quantitative estimate of drug-likeness (QED) is 0.802. The monoisotopic (exact) mass is 300 g/mol. The minimum absolute atomic E-state index is 0.295. The molecule has 19 heavy (non-hydrogen) atoms. The van der Waals surface area contributed by atoms with Gasteiger partial charge in [-0.05, 0) is 25.0 Å². The van der Waals surface area contributed by atoms with E-state index in [1.54, 1.807) is 24.3 Å². The van der Waals surface area contributed by atoms with Gasteiger partial charge in [0, 0.05) is 5.56 Å². The molecule has 1 aromatic rings. The zero-order chi connectivity index (χ0) is 13.9. The Morgan fingerprint density at radius 3 is 2.42 bits per heavy atom. The fourth-order valence-corrected chi connectivity index (χ4v) is 4.54. The van der Waals surface area contributed by atoms with Gasteiger partial charge in [0.2, 0.25) is 0 Å². The van der Waals surface area contributed by atoms with Crippen LogP contribution < -0.4 is 0 Å². The first-order valence-corrected chi connectivity index (χ1v) is 8.59. The summed E-state index contributed by atoms with van der Waals surface area (Å²) in [5, 5.41) is -0.0426. The van der Waals surface area contributed by atoms with Crippen LogP contribution >= 0.6 is 11.6 Å². The van der Waals surface area contributed by atoms with E-state index in [9.17, 15) is 13.2 Å². The summed E-state index contributed by atoms with van der Waals surface area (Å²) in [6.45, 7) is 0. The van der Waals surface area contributed by atoms with E-state index in [0.717, 1.165) is 19.3 Å². The number of benzene rings is 1. The van der Waals surface area contributed by atoms with Gasteiger partial charge in [-0.2, -0.15) is 0 Å². The van der Waals surface area contributed by atoms with Crippen LogP contribution in [0.2, 0.25) is 5.02 Å². The van der Waals surface area contributed by atoms with Crippen molar-refractivity contribution >= 4 is 27.2 Å². The molecule has 2 rings (SSSR count). The summed E-state index contributed by atoms with van der Waals surface area (Å²) in [6.07, 6.45) is 4.31. The van der Waals surface area contributed by atoms with Gasteiger partial charge in [-0.25, -0.2) is 8.42 Å². The molecule has 0 aliphatic heterocycles. The van der Waals surface area contributed by atoms with Crippen molar-refractivity contribution in [3.05, 3.63) is 34.9 Å². The second-order valence-corrected chi connectivity index (χ2v) is 7.66. The van der Waals surface area contributed by atoms with E-state index in [1.165, 1.54) is 0 Å². The number of rotatable bonds is 4. The summed E-state index contributed by atoms with van der Waals surface area (Å²) in [6, 6.07) is 6.57. The van der Waals surface area contributed by atoms with Gasteiger partial charge in [0.25, 0.3) is 0 Å². The van der Waals surface area contributed by atoms with Gasteiger partial charge in [0.15, 0.2) is 15.6 Å². The summed E-state index contributed by atoms with van der Waals surface area (Å²) >= 11 is 5.92. The summed E-state index contributed by atoms with van der Waals surface area (Å²) in [7, 11) is -3.36. The summed E-state index contributed by atoms with van der Waals surface area (Å²) < 4.78 is 24.4. The maximum atomic E-state index is 12.2. The van der Waals surface area contributed by atoms with Crippen molar-refractivity contribution in [2.45, 2.75) is 37.4 Å². The van der Waals surface area contributed by atoms with Crippen LogP contribution in [-0.4, -0.2) is 25.2 Å². The predicted octanol–water partition coefficient (Wildman–Crippen LogP) is 3.27. The molecule has 0 radical (unpaired) electrons. The van der Waals surface area contributed by atoms with E-state index < -0.39 is 21.4 Å². The van der Waals surface area contributed by atoms with E-state index in [4.69, 9.17) is 11.6 Å². The molecule has 1 saturated carbocycles. The lowest BCUT2D eigenvalue weighted by Crippen LogP contribution is -2.29. The molecule has 0 aromatic heterocycles. The van der Waals surface area contributed by atoms with Crippen LogP contribution in [0.3, 0.4) is 0 Å². The van der Waals surface area contributed by atoms with Crippen LogP contribution in [-0.2, 0) is 9.84 Å². The predicted molar refractivity (Wildman–Crippen MR) is 76.4 cm³/mol. The van der Waals surface area contributed by atoms with Crippen LogP contribution in [0, 0.1) is 0 Å². The van der Waals surface area contributed by atoms with Crippen molar-refractivity contribution in [2.24, 2.45) is 0 Å². The third-order valence-electron chi connectivity index (χ3n) is 3.57. The summed E-state index contributed by atoms with van der Waals surface area (Å²) in [4.78, 5) is 12.1. The molecule has 3 nitrogen and oxygen atoms in total. The zero-order valence-electron chi connectivity index (χ0n) is 10.6. The lowest BCUT2D eigenvalue weighted by atomic mass is 10.0. The average Bonchev–Trinajstić information content (AvgIpc) is 2.39. The van der Waals surface area contributed by atoms with E-state index in [1.807, 2.05) is 0 Å². The minimum atomic E-state index is -3.36. The number of sulfone groups is 1. The summed E-state index contributed by atoms with van der Waals surface area (Å²) in [5.41, 5.74) is 0.295. The van der Waals surface area contributed by atoms with Gasteiger partial charge in [-0.1, -0.05) is 43.0 Å². The van der Waals surface area contributed by atoms with Crippen LogP contribution in [0.4, 0.5) is 0 Å². The smallest absolute Gasteiger partial charge is 0.179 e. The fourth-order valence-electron chi connectivity index (χ4n) is 2.49. The first-order valence-electron chi connectivity index (χ1n) is 6.50. The molecule has 0 amide bonds. The van der Waals surface area contributed by atoms with Gasteiger partial charge in [-0.15, -0.1) is 0 Å². The molecule has 1 aliphatic carbocycles. The lowest BCUT2D eigenvalue weighted by Gasteiger charge is -2.21. The van der Waals surface area contributed by atoms with E-state index in [-0.39, 0.29) is 5.25 Å². The molecule has 0 unspecified atom stereocenters. The van der Waals surface area contributed by atoms with E-state index >= 15 is 0 Å². The Morgan fingerprint density at radius 1 is 1.16 bits per heavy atom. The molecular formula is C14H17ClO3S. The van der Waals surface area contributed by atoms with Crippen molar-refractivity contribution in [3.63, 3.8) is 0 Å². The molecule has 0 N–H and O–H groups in total. The highest BCUT2D eigenvalue weighted by Crippen LogP contribution is 2.25. The van der Waals surface area contributed by atoms with Crippen LogP contribution in [0.5, 0.6) is 0 Å². The van der Waals surface area contributed by atoms with Gasteiger partial charge in [0.05, 0.1) is 10.3 Å². The Hall–Kier alpha value is -0.870. The Balaban J connectivity index is 2.12. The van der Waals surface area contributed by atoms with Crippen molar-refractivity contribution in [3.8, 4) is 0 Å². The maximum absolute atomic E-state index is 12.2. The van der Waals surface area contributed by atoms with Crippen LogP contribution in [0.1, 0.15) is 42.5 Å². The molecule has 0 bridgehead atoms. The molecule has 0 heterocycles. The SMILES string of the molecule is O=C(CS(=O)(=O)C1CCCCC1)c1ccccc1Cl. The number of carbonyl (C=O) groups excluding carboxylic acids is 1. The third-order valence-corrected chi connectivity index (χ3v) is 6.05.